The predicted molar refractivity (Wildman–Crippen MR) is 128 cm³/mol. The minimum absolute atomic E-state index is 0.562. The number of fused-ring (bicyclic) bond motifs is 5. The van der Waals surface area contributed by atoms with Crippen molar-refractivity contribution in [1.82, 2.24) is 0 Å². The molecule has 0 aromatic rings. The van der Waals surface area contributed by atoms with E-state index in [1.54, 1.807) is 0 Å². The molecule has 4 rings (SSSR count). The molecule has 4 aliphatic carbocycles. The minimum Gasteiger partial charge on any atom is -0.516 e. The maximum atomic E-state index is 9.19. The maximum Gasteiger partial charge on any atom is 0.0780 e. The van der Waals surface area contributed by atoms with Crippen LogP contribution in [0.15, 0.2) is 11.8 Å². The Morgan fingerprint density at radius 3 is 2.40 bits per heavy atom. The molecule has 30 heavy (non-hydrogen) atoms. The zero-order valence-corrected chi connectivity index (χ0v) is 21.0. The van der Waals surface area contributed by atoms with E-state index in [1.165, 1.54) is 76.9 Å². The summed E-state index contributed by atoms with van der Waals surface area (Å²) < 4.78 is 0. The van der Waals surface area contributed by atoms with Crippen LogP contribution in [0.3, 0.4) is 0 Å². The first-order chi connectivity index (χ1) is 14.1. The fourth-order valence-corrected chi connectivity index (χ4v) is 10.1. The zero-order valence-electron chi connectivity index (χ0n) is 21.0. The highest BCUT2D eigenvalue weighted by Crippen LogP contribution is 2.70. The normalized spacial score (nSPS) is 46.6. The van der Waals surface area contributed by atoms with Crippen molar-refractivity contribution in [3.63, 3.8) is 0 Å². The van der Waals surface area contributed by atoms with Gasteiger partial charge in [0.1, 0.15) is 0 Å². The lowest BCUT2D eigenvalue weighted by Crippen LogP contribution is -2.56. The lowest BCUT2D eigenvalue weighted by Gasteiger charge is -2.64. The topological polar surface area (TPSA) is 20.2 Å². The molecule has 8 atom stereocenters. The Balaban J connectivity index is 1.47. The molecule has 0 saturated heterocycles. The van der Waals surface area contributed by atoms with Gasteiger partial charge in [0, 0.05) is 0 Å². The van der Waals surface area contributed by atoms with E-state index in [-0.39, 0.29) is 0 Å². The van der Waals surface area contributed by atoms with Crippen molar-refractivity contribution in [1.29, 1.82) is 0 Å². The molecular formula is C29H50O. The number of rotatable bonds is 5. The van der Waals surface area contributed by atoms with E-state index in [1.807, 2.05) is 0 Å². The Bertz CT molecular complexity index is 647. The van der Waals surface area contributed by atoms with Gasteiger partial charge in [-0.1, -0.05) is 47.5 Å². The Hall–Kier alpha value is -0.460. The zero-order chi connectivity index (χ0) is 21.7. The van der Waals surface area contributed by atoms with Crippen molar-refractivity contribution in [2.45, 2.75) is 119 Å². The quantitative estimate of drug-likeness (QED) is 0.445. The van der Waals surface area contributed by atoms with Crippen molar-refractivity contribution in [3.05, 3.63) is 11.8 Å². The molecule has 1 heteroatoms. The second kappa shape index (κ2) is 8.15. The smallest absolute Gasteiger partial charge is 0.0780 e. The molecule has 0 aromatic heterocycles. The summed E-state index contributed by atoms with van der Waals surface area (Å²) in [7, 11) is 0. The standard InChI is InChI=1S/C29H50O/c1-20(19-30)9-7-10-21(2)23-12-13-24-22-11-14-26-27(3,4)16-8-17-29(26,6)25(22)15-18-28(23,24)5/h19,21-26,30H,7-18H2,1-6H3/t21-,22+,23-,24+,25+,26?,28-,29-/m1/s1. The highest BCUT2D eigenvalue weighted by molar-refractivity contribution is 5.11. The number of aliphatic hydroxyl groups excluding tert-OH is 1. The minimum atomic E-state index is 0.562. The largest absolute Gasteiger partial charge is 0.516 e. The molecule has 0 aromatic carbocycles. The number of hydrogen-bond donors (Lipinski definition) is 1. The third kappa shape index (κ3) is 3.59. The Morgan fingerprint density at radius 1 is 0.933 bits per heavy atom. The number of allylic oxidation sites excluding steroid dienone is 1. The molecule has 1 N–H and O–H groups in total. The molecule has 4 saturated carbocycles. The van der Waals surface area contributed by atoms with Gasteiger partial charge in [0.15, 0.2) is 0 Å². The van der Waals surface area contributed by atoms with Gasteiger partial charge in [0.2, 0.25) is 0 Å². The molecule has 0 aliphatic heterocycles. The molecule has 4 aliphatic rings. The van der Waals surface area contributed by atoms with E-state index < -0.39 is 0 Å². The highest BCUT2D eigenvalue weighted by atomic mass is 16.2. The van der Waals surface area contributed by atoms with E-state index in [9.17, 15) is 5.11 Å². The van der Waals surface area contributed by atoms with E-state index >= 15 is 0 Å². The molecule has 0 heterocycles. The van der Waals surface area contributed by atoms with Crippen LogP contribution in [-0.2, 0) is 0 Å². The average Bonchev–Trinajstić information content (AvgIpc) is 3.04. The monoisotopic (exact) mass is 414 g/mol. The maximum absolute atomic E-state index is 9.19. The Morgan fingerprint density at radius 2 is 1.67 bits per heavy atom. The summed E-state index contributed by atoms with van der Waals surface area (Å²) in [6, 6.07) is 0. The van der Waals surface area contributed by atoms with E-state index in [2.05, 4.69) is 41.5 Å². The molecular weight excluding hydrogens is 364 g/mol. The van der Waals surface area contributed by atoms with Crippen LogP contribution in [-0.4, -0.2) is 5.11 Å². The highest BCUT2D eigenvalue weighted by Gasteiger charge is 2.62. The summed E-state index contributed by atoms with van der Waals surface area (Å²) in [6.45, 7) is 15.2. The van der Waals surface area contributed by atoms with Gasteiger partial charge in [-0.2, -0.15) is 0 Å². The molecule has 0 radical (unpaired) electrons. The van der Waals surface area contributed by atoms with Crippen LogP contribution in [0.5, 0.6) is 0 Å². The van der Waals surface area contributed by atoms with Gasteiger partial charge in [-0.15, -0.1) is 0 Å². The van der Waals surface area contributed by atoms with E-state index in [0.717, 1.165) is 47.5 Å². The Kier molecular flexibility index (Phi) is 6.17. The molecule has 0 bridgehead atoms. The van der Waals surface area contributed by atoms with Crippen LogP contribution in [0.1, 0.15) is 119 Å². The van der Waals surface area contributed by atoms with Crippen molar-refractivity contribution in [2.24, 2.45) is 51.8 Å². The average molecular weight is 415 g/mol. The van der Waals surface area contributed by atoms with Crippen molar-refractivity contribution in [2.75, 3.05) is 0 Å². The van der Waals surface area contributed by atoms with Crippen molar-refractivity contribution in [3.8, 4) is 0 Å². The molecule has 4 fully saturated rings. The molecule has 172 valence electrons. The summed E-state index contributed by atoms with van der Waals surface area (Å²) in [5.74, 6) is 5.73. The van der Waals surface area contributed by atoms with Crippen LogP contribution >= 0.6 is 0 Å². The van der Waals surface area contributed by atoms with Crippen molar-refractivity contribution >= 4 is 0 Å². The van der Waals surface area contributed by atoms with E-state index in [4.69, 9.17) is 0 Å². The first kappa shape index (κ1) is 22.7. The van der Waals surface area contributed by atoms with Gasteiger partial charge in [-0.25, -0.2) is 0 Å². The summed E-state index contributed by atoms with van der Waals surface area (Å²) in [5.41, 5.74) is 2.91. The van der Waals surface area contributed by atoms with Crippen LogP contribution in [0, 0.1) is 51.8 Å². The summed E-state index contributed by atoms with van der Waals surface area (Å²) in [6.07, 6.45) is 18.4. The predicted octanol–water partition coefficient (Wildman–Crippen LogP) is 8.94. The summed E-state index contributed by atoms with van der Waals surface area (Å²) >= 11 is 0. The van der Waals surface area contributed by atoms with Gasteiger partial charge in [0.25, 0.3) is 0 Å². The van der Waals surface area contributed by atoms with Gasteiger partial charge in [-0.3, -0.25) is 0 Å². The van der Waals surface area contributed by atoms with Gasteiger partial charge < -0.3 is 5.11 Å². The lowest BCUT2D eigenvalue weighted by molar-refractivity contribution is -0.147. The number of hydrogen-bond acceptors (Lipinski definition) is 1. The third-order valence-corrected chi connectivity index (χ3v) is 11.6. The van der Waals surface area contributed by atoms with Crippen LogP contribution < -0.4 is 0 Å². The Labute approximate surface area is 187 Å². The van der Waals surface area contributed by atoms with Crippen LogP contribution in [0.4, 0.5) is 0 Å². The van der Waals surface area contributed by atoms with Crippen LogP contribution in [0.2, 0.25) is 0 Å². The molecule has 1 nitrogen and oxygen atoms in total. The van der Waals surface area contributed by atoms with E-state index in [0.29, 0.717) is 16.2 Å². The van der Waals surface area contributed by atoms with Gasteiger partial charge in [0.05, 0.1) is 6.26 Å². The first-order valence-corrected chi connectivity index (χ1v) is 13.4. The lowest BCUT2D eigenvalue weighted by atomic mass is 9.41. The van der Waals surface area contributed by atoms with Gasteiger partial charge in [-0.05, 0) is 128 Å². The fourth-order valence-electron chi connectivity index (χ4n) is 10.1. The number of aliphatic hydroxyl groups is 1. The second-order valence-corrected chi connectivity index (χ2v) is 13.4. The molecule has 1 unspecified atom stereocenters. The SMILES string of the molecule is CC(=CO)CCC[C@@H](C)[C@H]1CC[C@H]2[C@@H]3CCC4C(C)(C)CCC[C@]4(C)[C@H]3CC[C@]12C. The van der Waals surface area contributed by atoms with Crippen molar-refractivity contribution < 1.29 is 5.11 Å². The summed E-state index contributed by atoms with van der Waals surface area (Å²) in [5, 5.41) is 9.19. The molecule has 0 spiro atoms. The molecule has 0 amide bonds. The van der Waals surface area contributed by atoms with Crippen LogP contribution in [0.25, 0.3) is 0 Å². The second-order valence-electron chi connectivity index (χ2n) is 13.4. The summed E-state index contributed by atoms with van der Waals surface area (Å²) in [4.78, 5) is 0. The third-order valence-electron chi connectivity index (χ3n) is 11.6. The first-order valence-electron chi connectivity index (χ1n) is 13.4. The van der Waals surface area contributed by atoms with Gasteiger partial charge >= 0.3 is 0 Å². The fraction of sp³-hybridized carbons (Fsp3) is 0.931.